The fourth-order valence-electron chi connectivity index (χ4n) is 4.50. The van der Waals surface area contributed by atoms with E-state index in [1.54, 1.807) is 19.2 Å². The van der Waals surface area contributed by atoms with Gasteiger partial charge in [0.15, 0.2) is 16.7 Å². The van der Waals surface area contributed by atoms with Crippen molar-refractivity contribution in [1.29, 1.82) is 0 Å². The van der Waals surface area contributed by atoms with Crippen molar-refractivity contribution in [3.05, 3.63) is 76.6 Å². The molecule has 0 atom stereocenters. The van der Waals surface area contributed by atoms with Gasteiger partial charge in [0.25, 0.3) is 5.56 Å². The highest BCUT2D eigenvalue weighted by Gasteiger charge is 2.20. The number of ether oxygens (including phenoxy) is 3. The van der Waals surface area contributed by atoms with Crippen molar-refractivity contribution >= 4 is 45.9 Å². The summed E-state index contributed by atoms with van der Waals surface area (Å²) in [6.07, 6.45) is 0.624. The molecule has 11 nitrogen and oxygen atoms in total. The molecule has 0 aliphatic carbocycles. The number of hydrogen-bond donors (Lipinski definition) is 2. The second kappa shape index (κ2) is 13.5. The lowest BCUT2D eigenvalue weighted by Crippen LogP contribution is -2.26. The number of carbonyl (C=O) groups is 2. The Morgan fingerprint density at radius 2 is 1.74 bits per heavy atom. The molecule has 0 radical (unpaired) electrons. The lowest BCUT2D eigenvalue weighted by molar-refractivity contribution is -0.121. The molecule has 43 heavy (non-hydrogen) atoms. The summed E-state index contributed by atoms with van der Waals surface area (Å²) in [6, 6.07) is 18.3. The zero-order valence-corrected chi connectivity index (χ0v) is 25.0. The number of aromatic nitrogens is 2. The molecule has 1 aromatic heterocycles. The number of nitrogens with one attached hydrogen (secondary N) is 2. The van der Waals surface area contributed by atoms with Gasteiger partial charge in [0.05, 0.1) is 23.8 Å². The minimum absolute atomic E-state index is 0.0419. The monoisotopic (exact) mass is 603 g/mol. The van der Waals surface area contributed by atoms with E-state index in [0.717, 1.165) is 28.8 Å². The summed E-state index contributed by atoms with van der Waals surface area (Å²) in [4.78, 5) is 45.6. The van der Waals surface area contributed by atoms with E-state index in [0.29, 0.717) is 46.2 Å². The van der Waals surface area contributed by atoms with Crippen LogP contribution in [-0.4, -0.2) is 55.1 Å². The summed E-state index contributed by atoms with van der Waals surface area (Å²) in [5.74, 6) is 1.43. The lowest BCUT2D eigenvalue weighted by atomic mass is 10.2. The van der Waals surface area contributed by atoms with Gasteiger partial charge in [-0.2, -0.15) is 0 Å². The van der Waals surface area contributed by atoms with Crippen molar-refractivity contribution < 1.29 is 23.8 Å². The number of nitrogens with zero attached hydrogens (tertiary/aromatic N) is 3. The van der Waals surface area contributed by atoms with E-state index in [4.69, 9.17) is 19.2 Å². The van der Waals surface area contributed by atoms with Crippen LogP contribution in [0.25, 0.3) is 10.9 Å². The fraction of sp³-hybridized carbons (Fsp3) is 0.290. The molecule has 0 spiro atoms. The Hall–Kier alpha value is -4.71. The normalized spacial score (nSPS) is 11.8. The van der Waals surface area contributed by atoms with Gasteiger partial charge in [0, 0.05) is 51.0 Å². The molecule has 3 aromatic carbocycles. The molecular formula is C31H33N5O6S. The largest absolute Gasteiger partial charge is 0.497 e. The third-order valence-corrected chi connectivity index (χ3v) is 7.82. The number of benzene rings is 3. The summed E-state index contributed by atoms with van der Waals surface area (Å²) in [5.41, 5.74) is 2.82. The van der Waals surface area contributed by atoms with Gasteiger partial charge < -0.3 is 29.7 Å². The predicted octanol–water partition coefficient (Wildman–Crippen LogP) is 4.03. The maximum absolute atomic E-state index is 13.6. The average Bonchev–Trinajstić information content (AvgIpc) is 3.47. The maximum Gasteiger partial charge on any atom is 0.262 e. The van der Waals surface area contributed by atoms with Crippen molar-refractivity contribution in [3.63, 3.8) is 0 Å². The highest BCUT2D eigenvalue weighted by atomic mass is 32.2. The molecule has 0 saturated heterocycles. The third kappa shape index (κ3) is 7.39. The first kappa shape index (κ1) is 29.8. The zero-order chi connectivity index (χ0) is 30.3. The Bertz CT molecular complexity index is 1670. The molecule has 2 N–H and O–H groups in total. The van der Waals surface area contributed by atoms with E-state index in [9.17, 15) is 14.4 Å². The Balaban J connectivity index is 1.26. The number of fused-ring (bicyclic) bond motifs is 2. The second-order valence-electron chi connectivity index (χ2n) is 10.1. The zero-order valence-electron chi connectivity index (χ0n) is 24.2. The number of thioether (sulfide) groups is 1. The van der Waals surface area contributed by atoms with Crippen molar-refractivity contribution in [1.82, 2.24) is 14.9 Å². The van der Waals surface area contributed by atoms with Crippen LogP contribution in [0, 0.1) is 0 Å². The highest BCUT2D eigenvalue weighted by Crippen LogP contribution is 2.35. The molecule has 0 saturated carbocycles. The van der Waals surface area contributed by atoms with Gasteiger partial charge in [-0.25, -0.2) is 4.98 Å². The summed E-state index contributed by atoms with van der Waals surface area (Å²) in [7, 11) is 5.50. The SMILES string of the molecule is COc1ccc(CNC(=O)CCCn2c(SCC(=O)Nc3ccc(N(C)C)cc3)nc3cc4c(cc3c2=O)OCO4)cc1. The number of rotatable bonds is 12. The Morgan fingerprint density at radius 1 is 1.02 bits per heavy atom. The first-order chi connectivity index (χ1) is 20.8. The highest BCUT2D eigenvalue weighted by molar-refractivity contribution is 7.99. The van der Waals surface area contributed by atoms with Gasteiger partial charge in [-0.3, -0.25) is 19.0 Å². The molecule has 5 rings (SSSR count). The average molecular weight is 604 g/mol. The minimum Gasteiger partial charge on any atom is -0.497 e. The molecule has 4 aromatic rings. The molecular weight excluding hydrogens is 570 g/mol. The number of amides is 2. The molecule has 0 bridgehead atoms. The van der Waals surface area contributed by atoms with Crippen LogP contribution in [-0.2, 0) is 22.7 Å². The smallest absolute Gasteiger partial charge is 0.262 e. The van der Waals surface area contributed by atoms with Crippen LogP contribution in [0.1, 0.15) is 18.4 Å². The van der Waals surface area contributed by atoms with Crippen molar-refractivity contribution in [2.75, 3.05) is 44.0 Å². The molecule has 0 unspecified atom stereocenters. The first-order valence-corrected chi connectivity index (χ1v) is 14.7. The van der Waals surface area contributed by atoms with Crippen molar-refractivity contribution in [2.45, 2.75) is 31.1 Å². The van der Waals surface area contributed by atoms with Crippen LogP contribution in [0.3, 0.4) is 0 Å². The van der Waals surface area contributed by atoms with Crippen LogP contribution in [0.5, 0.6) is 17.2 Å². The van der Waals surface area contributed by atoms with E-state index >= 15 is 0 Å². The van der Waals surface area contributed by atoms with E-state index in [-0.39, 0.29) is 42.9 Å². The van der Waals surface area contributed by atoms with E-state index in [2.05, 4.69) is 10.6 Å². The van der Waals surface area contributed by atoms with E-state index in [1.165, 1.54) is 4.57 Å². The van der Waals surface area contributed by atoms with Gasteiger partial charge in [0.1, 0.15) is 5.75 Å². The van der Waals surface area contributed by atoms with Gasteiger partial charge in [-0.15, -0.1) is 0 Å². The molecule has 2 amide bonds. The number of carbonyl (C=O) groups excluding carboxylic acids is 2. The molecule has 1 aliphatic heterocycles. The number of hydrogen-bond acceptors (Lipinski definition) is 9. The van der Waals surface area contributed by atoms with Crippen molar-refractivity contribution in [3.8, 4) is 17.2 Å². The van der Waals surface area contributed by atoms with Crippen LogP contribution < -0.4 is 35.3 Å². The van der Waals surface area contributed by atoms with E-state index in [1.807, 2.05) is 67.5 Å². The molecule has 224 valence electrons. The van der Waals surface area contributed by atoms with E-state index < -0.39 is 0 Å². The summed E-state index contributed by atoms with van der Waals surface area (Å²) in [6.45, 7) is 0.715. The van der Waals surface area contributed by atoms with Crippen LogP contribution in [0.2, 0.25) is 0 Å². The van der Waals surface area contributed by atoms with Crippen LogP contribution in [0.15, 0.2) is 70.6 Å². The Labute approximate surface area is 253 Å². The molecule has 12 heteroatoms. The molecule has 1 aliphatic rings. The van der Waals surface area contributed by atoms with Gasteiger partial charge >= 0.3 is 0 Å². The Morgan fingerprint density at radius 3 is 2.44 bits per heavy atom. The van der Waals surface area contributed by atoms with Crippen molar-refractivity contribution in [2.24, 2.45) is 0 Å². The Kier molecular flexibility index (Phi) is 9.35. The predicted molar refractivity (Wildman–Crippen MR) is 166 cm³/mol. The third-order valence-electron chi connectivity index (χ3n) is 6.85. The first-order valence-electron chi connectivity index (χ1n) is 13.7. The maximum atomic E-state index is 13.6. The van der Waals surface area contributed by atoms with Gasteiger partial charge in [0.2, 0.25) is 18.6 Å². The quantitative estimate of drug-likeness (QED) is 0.183. The fourth-order valence-corrected chi connectivity index (χ4v) is 5.32. The molecule has 2 heterocycles. The standard InChI is InChI=1S/C31H33N5O6S/c1-35(2)22-10-8-21(9-11-22)33-29(38)18-43-31-34-25-16-27-26(41-19-42-27)15-24(25)30(39)36(31)14-4-5-28(37)32-17-20-6-12-23(40-3)13-7-20/h6-13,15-16H,4-5,14,17-19H2,1-3H3,(H,32,37)(H,33,38). The topological polar surface area (TPSA) is 124 Å². The minimum atomic E-state index is -0.274. The van der Waals surface area contributed by atoms with Crippen LogP contribution >= 0.6 is 11.8 Å². The number of anilines is 2. The number of methoxy groups -OCH3 is 1. The summed E-state index contributed by atoms with van der Waals surface area (Å²) < 4.78 is 17.6. The summed E-state index contributed by atoms with van der Waals surface area (Å²) in [5, 5.41) is 6.55. The van der Waals surface area contributed by atoms with Gasteiger partial charge in [-0.1, -0.05) is 23.9 Å². The summed E-state index contributed by atoms with van der Waals surface area (Å²) >= 11 is 1.16. The van der Waals surface area contributed by atoms with Crippen LogP contribution in [0.4, 0.5) is 11.4 Å². The molecule has 0 fully saturated rings. The van der Waals surface area contributed by atoms with Gasteiger partial charge in [-0.05, 0) is 54.4 Å². The second-order valence-corrected chi connectivity index (χ2v) is 11.0. The lowest BCUT2D eigenvalue weighted by Gasteiger charge is -2.14.